The molecular formula is C41H37N3O10. The quantitative estimate of drug-likeness (QED) is 0.205. The van der Waals surface area contributed by atoms with Gasteiger partial charge in [-0.2, -0.15) is 0 Å². The third kappa shape index (κ3) is 5.25. The summed E-state index contributed by atoms with van der Waals surface area (Å²) in [4.78, 5) is 60.2. The zero-order chi connectivity index (χ0) is 37.9. The summed E-state index contributed by atoms with van der Waals surface area (Å²) in [7, 11) is 5.95. The molecule has 0 saturated carbocycles. The number of carbonyl (C=O) groups is 2. The fourth-order valence-corrected chi connectivity index (χ4v) is 8.03. The molecular weight excluding hydrogens is 694 g/mol. The van der Waals surface area contributed by atoms with E-state index in [4.69, 9.17) is 33.4 Å². The number of aromatic nitrogens is 2. The van der Waals surface area contributed by atoms with E-state index in [1.54, 1.807) is 29.7 Å². The second kappa shape index (κ2) is 13.2. The van der Waals surface area contributed by atoms with Gasteiger partial charge in [-0.3, -0.25) is 9.59 Å². The molecule has 3 aromatic carbocycles. The van der Waals surface area contributed by atoms with E-state index >= 15 is 0 Å². The summed E-state index contributed by atoms with van der Waals surface area (Å²) < 4.78 is 35.9. The molecule has 2 atom stereocenters. The van der Waals surface area contributed by atoms with Crippen molar-refractivity contribution < 1.29 is 38.0 Å². The first-order chi connectivity index (χ1) is 26.2. The normalized spacial score (nSPS) is 17.8. The number of para-hydroxylation sites is 1. The topological polar surface area (TPSA) is 154 Å². The number of aryl methyl sites for hydroxylation is 1. The van der Waals surface area contributed by atoms with Crippen LogP contribution in [0, 0.1) is 0 Å². The average molecular weight is 732 g/mol. The van der Waals surface area contributed by atoms with Gasteiger partial charge in [0.25, 0.3) is 5.56 Å². The van der Waals surface area contributed by atoms with Gasteiger partial charge in [0, 0.05) is 22.1 Å². The Kier molecular flexibility index (Phi) is 8.51. The number of fused-ring (bicyclic) bond motifs is 8. The number of alkyl carbamates (subject to hydrolysis) is 1. The van der Waals surface area contributed by atoms with Gasteiger partial charge in [-0.1, -0.05) is 31.2 Å². The highest BCUT2D eigenvalue weighted by atomic mass is 16.6. The summed E-state index contributed by atoms with van der Waals surface area (Å²) in [5.74, 6) is 0.514. The largest absolute Gasteiger partial charge is 0.493 e. The molecule has 1 aliphatic carbocycles. The highest BCUT2D eigenvalue weighted by molar-refractivity contribution is 5.89. The number of benzene rings is 2. The van der Waals surface area contributed by atoms with E-state index in [1.165, 1.54) is 34.5 Å². The van der Waals surface area contributed by atoms with Crippen LogP contribution < -0.4 is 35.3 Å². The third-order valence-corrected chi connectivity index (χ3v) is 10.7. The minimum Gasteiger partial charge on any atom is -0.493 e. The first kappa shape index (κ1) is 34.7. The van der Waals surface area contributed by atoms with Crippen LogP contribution in [-0.2, 0) is 39.4 Å². The zero-order valence-corrected chi connectivity index (χ0v) is 30.4. The second-order valence-electron chi connectivity index (χ2n) is 13.3. The van der Waals surface area contributed by atoms with Crippen LogP contribution in [0.3, 0.4) is 0 Å². The van der Waals surface area contributed by atoms with E-state index in [2.05, 4.69) is 5.32 Å². The van der Waals surface area contributed by atoms with Crippen molar-refractivity contribution in [3.8, 4) is 45.5 Å². The molecule has 1 amide bonds. The second-order valence-corrected chi connectivity index (χ2v) is 13.3. The van der Waals surface area contributed by atoms with Crippen LogP contribution in [0.5, 0.6) is 23.0 Å². The number of esters is 1. The summed E-state index contributed by atoms with van der Waals surface area (Å²) in [6.45, 7) is 1.73. The van der Waals surface area contributed by atoms with Crippen molar-refractivity contribution in [2.75, 3.05) is 28.4 Å². The van der Waals surface area contributed by atoms with E-state index in [-0.39, 0.29) is 35.5 Å². The maximum Gasteiger partial charge on any atom is 0.409 e. The number of nitrogens with one attached hydrogen (secondary N) is 1. The van der Waals surface area contributed by atoms with Crippen molar-refractivity contribution in [3.05, 3.63) is 109 Å². The summed E-state index contributed by atoms with van der Waals surface area (Å²) in [6, 6.07) is 17.2. The number of nitrogens with zero attached hydrogens (tertiary/aromatic N) is 2. The molecule has 3 aliphatic rings. The van der Waals surface area contributed by atoms with E-state index < -0.39 is 29.1 Å². The smallest absolute Gasteiger partial charge is 0.409 e. The zero-order valence-electron chi connectivity index (χ0n) is 30.4. The number of carbonyl (C=O) groups excluding carboxylic acids is 2. The van der Waals surface area contributed by atoms with Crippen molar-refractivity contribution >= 4 is 23.0 Å². The van der Waals surface area contributed by atoms with Crippen molar-refractivity contribution in [2.45, 2.75) is 51.0 Å². The molecule has 4 heterocycles. The number of cyclic esters (lactones) is 1. The molecule has 8 rings (SSSR count). The van der Waals surface area contributed by atoms with Gasteiger partial charge in [0.05, 0.1) is 63.5 Å². The summed E-state index contributed by atoms with van der Waals surface area (Å²) in [6.07, 6.45) is -0.214. The number of pyridine rings is 2. The minimum absolute atomic E-state index is 0.0203. The van der Waals surface area contributed by atoms with Gasteiger partial charge in [0.2, 0.25) is 16.8 Å². The lowest BCUT2D eigenvalue weighted by Gasteiger charge is -2.36. The molecule has 13 heteroatoms. The Labute approximate surface area is 309 Å². The molecule has 0 unspecified atom stereocenters. The van der Waals surface area contributed by atoms with E-state index in [1.807, 2.05) is 36.4 Å². The maximum atomic E-state index is 14.2. The van der Waals surface area contributed by atoms with Crippen LogP contribution in [0.4, 0.5) is 4.79 Å². The lowest BCUT2D eigenvalue weighted by atomic mass is 9.85. The first-order valence-corrected chi connectivity index (χ1v) is 17.5. The average Bonchev–Trinajstić information content (AvgIpc) is 3.36. The predicted octanol–water partition coefficient (Wildman–Crippen LogP) is 5.56. The summed E-state index contributed by atoms with van der Waals surface area (Å²) in [5, 5.41) is 3.88. The van der Waals surface area contributed by atoms with Gasteiger partial charge in [0.15, 0.2) is 17.2 Å². The number of ether oxygens (including phenoxy) is 6. The first-order valence-electron chi connectivity index (χ1n) is 17.5. The van der Waals surface area contributed by atoms with Gasteiger partial charge in [-0.15, -0.1) is 0 Å². The van der Waals surface area contributed by atoms with E-state index in [0.29, 0.717) is 64.7 Å². The Morgan fingerprint density at radius 2 is 1.70 bits per heavy atom. The van der Waals surface area contributed by atoms with Crippen molar-refractivity contribution in [2.24, 2.45) is 0 Å². The predicted molar refractivity (Wildman–Crippen MR) is 197 cm³/mol. The van der Waals surface area contributed by atoms with Crippen LogP contribution >= 0.6 is 0 Å². The highest BCUT2D eigenvalue weighted by Gasteiger charge is 2.51. The van der Waals surface area contributed by atoms with Crippen LogP contribution in [0.15, 0.2) is 70.3 Å². The van der Waals surface area contributed by atoms with E-state index in [0.717, 1.165) is 22.0 Å². The maximum absolute atomic E-state index is 14.2. The van der Waals surface area contributed by atoms with Gasteiger partial charge < -0.3 is 38.3 Å². The minimum atomic E-state index is -1.94. The molecule has 2 aliphatic heterocycles. The number of hydrogen-bond donors (Lipinski definition) is 1. The Morgan fingerprint density at radius 3 is 2.44 bits per heavy atom. The molecule has 0 fully saturated rings. The Morgan fingerprint density at radius 1 is 0.926 bits per heavy atom. The monoisotopic (exact) mass is 731 g/mol. The molecule has 1 N–H and O–H groups in total. The molecule has 13 nitrogen and oxygen atoms in total. The molecule has 276 valence electrons. The number of amides is 1. The summed E-state index contributed by atoms with van der Waals surface area (Å²) >= 11 is 0. The van der Waals surface area contributed by atoms with Crippen molar-refractivity contribution in [1.29, 1.82) is 0 Å². The van der Waals surface area contributed by atoms with Crippen molar-refractivity contribution in [1.82, 2.24) is 14.9 Å². The molecule has 0 radical (unpaired) electrons. The van der Waals surface area contributed by atoms with Gasteiger partial charge in [0.1, 0.15) is 6.61 Å². The SMILES string of the molecule is CC[C@@]1(OC(=O)N[C@H]2CCc3cc(OC)c(OC)c(OC)c3-c3ccc(OC)c(=O)cc32)C(=O)OCc2c1cc1n(c2=O)Cc2cc3ccccc3nc2-1. The van der Waals surface area contributed by atoms with Gasteiger partial charge in [-0.05, 0) is 72.4 Å². The molecule has 5 aromatic rings. The fourth-order valence-electron chi connectivity index (χ4n) is 8.03. The van der Waals surface area contributed by atoms with Crippen molar-refractivity contribution in [3.63, 3.8) is 0 Å². The Balaban J connectivity index is 1.21. The molecule has 54 heavy (non-hydrogen) atoms. The van der Waals surface area contributed by atoms with Crippen LogP contribution in [0.1, 0.15) is 53.6 Å². The lowest BCUT2D eigenvalue weighted by Crippen LogP contribution is -2.49. The standard InChI is InChI=1S/C41H37N3O10/c1-6-41(27-18-30-35-23(15-21-9-7-8-10-28(21)42-35)19-44(30)38(46)26(27)20-53-39(41)47)54-40(48)43-29-13-11-22-16-33(50-3)36(51-4)37(52-5)34(22)24-12-14-32(49-2)31(45)17-25(24)29/h7-10,12,14-18,29H,6,11,13,19-20H2,1-5H3,(H,43,48)/t29-,41-/m0/s1. The van der Waals surface area contributed by atoms with Gasteiger partial charge in [-0.25, -0.2) is 14.6 Å². The number of methoxy groups -OCH3 is 4. The highest BCUT2D eigenvalue weighted by Crippen LogP contribution is 2.50. The Hall–Kier alpha value is -6.37. The number of rotatable bonds is 7. The van der Waals surface area contributed by atoms with Crippen LogP contribution in [0.25, 0.3) is 33.4 Å². The fraction of sp³-hybridized carbons (Fsp3) is 0.293. The van der Waals surface area contributed by atoms with Crippen LogP contribution in [-0.4, -0.2) is 50.1 Å². The molecule has 0 spiro atoms. The lowest BCUT2D eigenvalue weighted by molar-refractivity contribution is -0.172. The molecule has 0 bridgehead atoms. The Bertz CT molecular complexity index is 2530. The van der Waals surface area contributed by atoms with Crippen LogP contribution in [0.2, 0.25) is 0 Å². The third-order valence-electron chi connectivity index (χ3n) is 10.7. The van der Waals surface area contributed by atoms with Gasteiger partial charge >= 0.3 is 12.1 Å². The molecule has 0 saturated heterocycles. The summed E-state index contributed by atoms with van der Waals surface area (Å²) in [5.41, 5.74) is 3.09. The van der Waals surface area contributed by atoms with E-state index in [9.17, 15) is 19.2 Å². The molecule has 2 aromatic heterocycles. The number of hydrogen-bond acceptors (Lipinski definition) is 11.